The van der Waals surface area contributed by atoms with Gasteiger partial charge in [0.25, 0.3) is 0 Å². The molecule has 0 fully saturated rings. The first-order chi connectivity index (χ1) is 6.89. The SMILES string of the molecule is CCc1nn(CC)c(C[B-](F)(F)F)c1Cl. The molecule has 0 unspecified atom stereocenters. The number of aromatic nitrogens is 2. The van der Waals surface area contributed by atoms with Crippen LogP contribution in [0.4, 0.5) is 12.9 Å². The van der Waals surface area contributed by atoms with E-state index in [0.29, 0.717) is 18.7 Å². The van der Waals surface area contributed by atoms with E-state index in [0.717, 1.165) is 0 Å². The van der Waals surface area contributed by atoms with Gasteiger partial charge >= 0.3 is 6.98 Å². The van der Waals surface area contributed by atoms with E-state index in [2.05, 4.69) is 5.10 Å². The molecule has 0 atom stereocenters. The molecule has 1 aromatic heterocycles. The molecule has 0 saturated heterocycles. The van der Waals surface area contributed by atoms with Crippen LogP contribution in [0.3, 0.4) is 0 Å². The summed E-state index contributed by atoms with van der Waals surface area (Å²) in [5.74, 6) is 0. The van der Waals surface area contributed by atoms with Crippen LogP contribution in [0.1, 0.15) is 25.2 Å². The summed E-state index contributed by atoms with van der Waals surface area (Å²) >= 11 is 5.84. The number of hydrogen-bond acceptors (Lipinski definition) is 1. The molecule has 0 aliphatic carbocycles. The fourth-order valence-electron chi connectivity index (χ4n) is 1.43. The maximum atomic E-state index is 12.3. The third-order valence-corrected chi connectivity index (χ3v) is 2.56. The number of nitrogens with zero attached hydrogens (tertiary/aromatic N) is 2. The van der Waals surface area contributed by atoms with Crippen LogP contribution in [0.25, 0.3) is 0 Å². The van der Waals surface area contributed by atoms with Crippen LogP contribution in [-0.4, -0.2) is 16.8 Å². The standard InChI is InChI=1S/C8H12BClF3N2/c1-3-6-8(10)7(5-9(11,12)13)15(4-2)14-6/h3-5H2,1-2H3/q-1. The summed E-state index contributed by atoms with van der Waals surface area (Å²) in [6.45, 7) is -0.901. The average molecular weight is 239 g/mol. The molecule has 7 heteroatoms. The lowest BCUT2D eigenvalue weighted by molar-refractivity contribution is 0.461. The van der Waals surface area contributed by atoms with Gasteiger partial charge in [0, 0.05) is 12.2 Å². The second-order valence-corrected chi connectivity index (χ2v) is 3.67. The smallest absolute Gasteiger partial charge is 0.449 e. The van der Waals surface area contributed by atoms with Gasteiger partial charge < -0.3 is 12.9 Å². The summed E-state index contributed by atoms with van der Waals surface area (Å²) in [6.07, 6.45) is -0.413. The average Bonchev–Trinajstić information content (AvgIpc) is 2.42. The number of aryl methyl sites for hydroxylation is 2. The molecule has 1 heterocycles. The molecule has 0 bridgehead atoms. The van der Waals surface area contributed by atoms with Gasteiger partial charge in [0.05, 0.1) is 10.7 Å². The molecule has 0 spiro atoms. The van der Waals surface area contributed by atoms with E-state index in [1.165, 1.54) is 4.68 Å². The van der Waals surface area contributed by atoms with Crippen LogP contribution in [0, 0.1) is 0 Å². The largest absolute Gasteiger partial charge is 0.484 e. The topological polar surface area (TPSA) is 17.8 Å². The first-order valence-electron chi connectivity index (χ1n) is 4.84. The van der Waals surface area contributed by atoms with Crippen LogP contribution < -0.4 is 0 Å². The van der Waals surface area contributed by atoms with Gasteiger partial charge in [-0.15, -0.1) is 0 Å². The Bertz CT molecular complexity index is 348. The fraction of sp³-hybridized carbons (Fsp3) is 0.625. The summed E-state index contributed by atoms with van der Waals surface area (Å²) in [6, 6.07) is 0. The van der Waals surface area contributed by atoms with Crippen LogP contribution in [-0.2, 0) is 19.3 Å². The maximum absolute atomic E-state index is 12.3. The summed E-state index contributed by atoms with van der Waals surface area (Å²) in [5.41, 5.74) is 0.622. The molecule has 0 saturated carbocycles. The van der Waals surface area contributed by atoms with E-state index in [9.17, 15) is 12.9 Å². The third-order valence-electron chi connectivity index (χ3n) is 2.12. The predicted octanol–water partition coefficient (Wildman–Crippen LogP) is 3.05. The Morgan fingerprint density at radius 2 is 1.93 bits per heavy atom. The van der Waals surface area contributed by atoms with Crippen molar-refractivity contribution in [3.63, 3.8) is 0 Å². The molecule has 0 aliphatic rings. The molecule has 1 aromatic rings. The second-order valence-electron chi connectivity index (χ2n) is 3.29. The van der Waals surface area contributed by atoms with Crippen LogP contribution in [0.5, 0.6) is 0 Å². The summed E-state index contributed by atoms with van der Waals surface area (Å²) in [5, 5.41) is 4.19. The first kappa shape index (κ1) is 12.4. The normalized spacial score (nSPS) is 12.1. The highest BCUT2D eigenvalue weighted by Gasteiger charge is 2.27. The minimum Gasteiger partial charge on any atom is -0.449 e. The van der Waals surface area contributed by atoms with Gasteiger partial charge in [-0.3, -0.25) is 4.68 Å². The number of rotatable bonds is 4. The van der Waals surface area contributed by atoms with Gasteiger partial charge in [-0.25, -0.2) is 0 Å². The van der Waals surface area contributed by atoms with Crippen molar-refractivity contribution in [2.24, 2.45) is 0 Å². The lowest BCUT2D eigenvalue weighted by atomic mass is 9.84. The molecule has 0 aromatic carbocycles. The molecule has 86 valence electrons. The zero-order valence-corrected chi connectivity index (χ0v) is 9.36. The molecule has 0 aliphatic heterocycles. The van der Waals surface area contributed by atoms with Crippen molar-refractivity contribution in [2.75, 3.05) is 0 Å². The van der Waals surface area contributed by atoms with Gasteiger partial charge in [-0.1, -0.05) is 18.5 Å². The monoisotopic (exact) mass is 239 g/mol. The van der Waals surface area contributed by atoms with E-state index >= 15 is 0 Å². The Labute approximate surface area is 91.5 Å². The van der Waals surface area contributed by atoms with Gasteiger partial charge in [0.1, 0.15) is 0 Å². The lowest BCUT2D eigenvalue weighted by Crippen LogP contribution is -2.22. The van der Waals surface area contributed by atoms with Crippen molar-refractivity contribution in [1.29, 1.82) is 0 Å². The van der Waals surface area contributed by atoms with Crippen LogP contribution in [0.15, 0.2) is 0 Å². The van der Waals surface area contributed by atoms with E-state index < -0.39 is 13.3 Å². The lowest BCUT2D eigenvalue weighted by Gasteiger charge is -2.14. The van der Waals surface area contributed by atoms with Crippen molar-refractivity contribution in [1.82, 2.24) is 9.78 Å². The van der Waals surface area contributed by atoms with Crippen molar-refractivity contribution < 1.29 is 12.9 Å². The molecule has 0 N–H and O–H groups in total. The van der Waals surface area contributed by atoms with Crippen molar-refractivity contribution in [3.05, 3.63) is 16.4 Å². The van der Waals surface area contributed by atoms with Gasteiger partial charge in [-0.05, 0) is 19.7 Å². The first-order valence-corrected chi connectivity index (χ1v) is 5.21. The minimum atomic E-state index is -4.87. The second kappa shape index (κ2) is 4.47. The van der Waals surface area contributed by atoms with E-state index in [1.54, 1.807) is 6.92 Å². The number of hydrogen-bond donors (Lipinski definition) is 0. The fourth-order valence-corrected chi connectivity index (χ4v) is 1.78. The highest BCUT2D eigenvalue weighted by molar-refractivity contribution is 6.58. The molecular formula is C8H12BClF3N2-. The highest BCUT2D eigenvalue weighted by Crippen LogP contribution is 2.26. The van der Waals surface area contributed by atoms with Crippen molar-refractivity contribution in [2.45, 2.75) is 33.1 Å². The summed E-state index contributed by atoms with van der Waals surface area (Å²) in [4.78, 5) is 0. The molecule has 1 rings (SSSR count). The van der Waals surface area contributed by atoms with Crippen LogP contribution >= 0.6 is 11.6 Å². The van der Waals surface area contributed by atoms with Crippen molar-refractivity contribution >= 4 is 18.6 Å². The van der Waals surface area contributed by atoms with Crippen LogP contribution in [0.2, 0.25) is 5.02 Å². The third kappa shape index (κ3) is 2.90. The molecule has 0 radical (unpaired) electrons. The number of halogens is 4. The Hall–Kier alpha value is -0.645. The highest BCUT2D eigenvalue weighted by atomic mass is 35.5. The van der Waals surface area contributed by atoms with Crippen molar-refractivity contribution in [3.8, 4) is 0 Å². The van der Waals surface area contributed by atoms with Gasteiger partial charge in [0.2, 0.25) is 0 Å². The van der Waals surface area contributed by atoms with E-state index in [-0.39, 0.29) is 10.7 Å². The van der Waals surface area contributed by atoms with E-state index in [1.807, 2.05) is 6.92 Å². The molecule has 2 nitrogen and oxygen atoms in total. The quantitative estimate of drug-likeness (QED) is 0.739. The zero-order chi connectivity index (χ0) is 11.6. The van der Waals surface area contributed by atoms with Gasteiger partial charge in [-0.2, -0.15) is 5.10 Å². The molecular weight excluding hydrogens is 227 g/mol. The Morgan fingerprint density at radius 3 is 2.33 bits per heavy atom. The Balaban J connectivity index is 3.09. The Kier molecular flexibility index (Phi) is 3.70. The van der Waals surface area contributed by atoms with E-state index in [4.69, 9.17) is 11.6 Å². The van der Waals surface area contributed by atoms with Gasteiger partial charge in [0.15, 0.2) is 0 Å². The minimum absolute atomic E-state index is 0.0866. The molecule has 0 amide bonds. The Morgan fingerprint density at radius 1 is 1.33 bits per heavy atom. The predicted molar refractivity (Wildman–Crippen MR) is 55.1 cm³/mol. The zero-order valence-electron chi connectivity index (χ0n) is 8.60. The summed E-state index contributed by atoms with van der Waals surface area (Å²) < 4.78 is 38.3. The maximum Gasteiger partial charge on any atom is 0.484 e. The summed E-state index contributed by atoms with van der Waals surface area (Å²) in [7, 11) is 0. The molecule has 15 heavy (non-hydrogen) atoms.